The molecule has 0 radical (unpaired) electrons. The molecule has 4 N–H and O–H groups in total. The van der Waals surface area contributed by atoms with E-state index in [1.54, 1.807) is 6.07 Å². The molecule has 1 aromatic rings. The van der Waals surface area contributed by atoms with Crippen molar-refractivity contribution in [3.8, 4) is 5.75 Å². The molecule has 2 bridgehead atoms. The number of carbonyl (C=O) groups is 2. The van der Waals surface area contributed by atoms with Crippen molar-refractivity contribution in [2.45, 2.75) is 78.6 Å². The highest BCUT2D eigenvalue weighted by molar-refractivity contribution is 6.61. The summed E-state index contributed by atoms with van der Waals surface area (Å²) in [4.78, 5) is 26.7. The van der Waals surface area contributed by atoms with Crippen LogP contribution in [-0.2, 0) is 25.6 Å². The fraction of sp³-hybridized carbons (Fsp3) is 0.714. The van der Waals surface area contributed by atoms with Gasteiger partial charge in [-0.25, -0.2) is 9.18 Å². The maximum Gasteiger partial charge on any atom is 0.494 e. The van der Waals surface area contributed by atoms with Crippen LogP contribution in [0.1, 0.15) is 65.4 Å². The lowest BCUT2D eigenvalue weighted by Gasteiger charge is -2.62. The van der Waals surface area contributed by atoms with Crippen LogP contribution in [0.3, 0.4) is 0 Å². The number of rotatable bonds is 5. The predicted molar refractivity (Wildman–Crippen MR) is 138 cm³/mol. The van der Waals surface area contributed by atoms with Gasteiger partial charge in [0, 0.05) is 35.2 Å². The number of nitrogens with two attached hydrogens (primary N) is 1. The van der Waals surface area contributed by atoms with Crippen molar-refractivity contribution in [2.24, 2.45) is 39.7 Å². The van der Waals surface area contributed by atoms with E-state index in [1.165, 1.54) is 6.07 Å². The van der Waals surface area contributed by atoms with Gasteiger partial charge in [-0.1, -0.05) is 33.8 Å². The van der Waals surface area contributed by atoms with Crippen molar-refractivity contribution in [1.82, 2.24) is 0 Å². The normalized spacial score (nSPS) is 40.3. The van der Waals surface area contributed by atoms with Crippen LogP contribution in [0.5, 0.6) is 5.75 Å². The van der Waals surface area contributed by atoms with E-state index in [4.69, 9.17) is 19.9 Å². The number of hydrogen-bond donors (Lipinski definition) is 3. The third-order valence-corrected chi connectivity index (χ3v) is 10.9. The number of carbonyl (C=O) groups excluding carboxylic acids is 2. The Morgan fingerprint density at radius 1 is 1.29 bits per heavy atom. The summed E-state index contributed by atoms with van der Waals surface area (Å²) in [7, 11) is -1.38. The molecular weight excluding hydrogens is 492 g/mol. The molecule has 8 nitrogen and oxygen atoms in total. The van der Waals surface area contributed by atoms with Crippen molar-refractivity contribution in [3.63, 3.8) is 0 Å². The van der Waals surface area contributed by atoms with Gasteiger partial charge in [0.2, 0.25) is 0 Å². The fourth-order valence-electron chi connectivity index (χ4n) is 8.26. The number of halogens is 1. The quantitative estimate of drug-likeness (QED) is 0.390. The van der Waals surface area contributed by atoms with Crippen LogP contribution in [0, 0.1) is 39.8 Å². The van der Waals surface area contributed by atoms with Gasteiger partial charge in [-0.05, 0) is 54.6 Å². The lowest BCUT2D eigenvalue weighted by molar-refractivity contribution is -0.211. The molecule has 0 amide bonds. The lowest BCUT2D eigenvalue weighted by atomic mass is 9.44. The molecule has 0 unspecified atom stereocenters. The molecule has 38 heavy (non-hydrogen) atoms. The average molecular weight is 531 g/mol. The topological polar surface area (TPSA) is 128 Å². The van der Waals surface area contributed by atoms with Gasteiger partial charge in [0.05, 0.1) is 12.7 Å². The number of fused-ring (bicyclic) bond motifs is 1. The van der Waals surface area contributed by atoms with Gasteiger partial charge < -0.3 is 30.0 Å². The standard InChI is InChI=1S/C28H39BFNO7/c1-15-7-9-28-10-8-18(32)24(28)27(15,4)20(11-26(3,14-31)25(34)16(28)2)38-21(33)13-36-19-6-5-17-12-37-29(35)22(17)23(19)30/h5-6,15-16,20,24-25,34-35H,7-14,31H2,1-4H3/t15-,16-,20+,24-,25-,26-,27-,28-/m0/s1. The minimum atomic E-state index is -1.38. The first-order chi connectivity index (χ1) is 17.9. The molecule has 0 spiro atoms. The first kappa shape index (κ1) is 27.6. The van der Waals surface area contributed by atoms with Gasteiger partial charge in [-0.2, -0.15) is 0 Å². The zero-order valence-corrected chi connectivity index (χ0v) is 22.7. The lowest BCUT2D eigenvalue weighted by Crippen LogP contribution is -2.64. The van der Waals surface area contributed by atoms with Crippen molar-refractivity contribution < 1.29 is 38.2 Å². The summed E-state index contributed by atoms with van der Waals surface area (Å²) in [6.45, 7) is 7.90. The average Bonchev–Trinajstić information content (AvgIpc) is 3.45. The third-order valence-electron chi connectivity index (χ3n) is 10.9. The SMILES string of the molecule is C[C@H]1[C@H](O)[C@](C)(CN)C[C@@H](OC(=O)COc2ccc3c(c2F)B(O)OC3)[C@@]2(C)[C@@H]3C(=O)CC[C@]31CC[C@@H]2C. The molecule has 3 fully saturated rings. The smallest absolute Gasteiger partial charge is 0.479 e. The number of Topliss-reactive ketones (excluding diaryl/α,β-unsaturated/α-hetero) is 1. The molecule has 4 aliphatic rings. The Kier molecular flexibility index (Phi) is 6.94. The monoisotopic (exact) mass is 531 g/mol. The van der Waals surface area contributed by atoms with E-state index in [0.29, 0.717) is 24.8 Å². The van der Waals surface area contributed by atoms with E-state index in [2.05, 4.69) is 13.8 Å². The zero-order valence-electron chi connectivity index (χ0n) is 22.7. The maximum atomic E-state index is 14.9. The third kappa shape index (κ3) is 3.93. The second kappa shape index (κ2) is 9.57. The maximum absolute atomic E-state index is 14.9. The number of aliphatic hydroxyl groups is 1. The molecule has 1 aromatic carbocycles. The van der Waals surface area contributed by atoms with Gasteiger partial charge >= 0.3 is 13.1 Å². The Morgan fingerprint density at radius 2 is 2.03 bits per heavy atom. The number of benzene rings is 1. The minimum absolute atomic E-state index is 0.0114. The first-order valence-electron chi connectivity index (χ1n) is 13.7. The summed E-state index contributed by atoms with van der Waals surface area (Å²) in [5.41, 5.74) is 5.03. The molecular formula is C28H39BFNO7. The Bertz CT molecular complexity index is 1130. The van der Waals surface area contributed by atoms with Crippen LogP contribution in [0.4, 0.5) is 4.39 Å². The highest BCUT2D eigenvalue weighted by Gasteiger charge is 2.68. The van der Waals surface area contributed by atoms with Crippen molar-refractivity contribution >= 4 is 24.3 Å². The van der Waals surface area contributed by atoms with Crippen LogP contribution in [-0.4, -0.2) is 54.4 Å². The Labute approximate surface area is 223 Å². The second-order valence-corrected chi connectivity index (χ2v) is 12.6. The largest absolute Gasteiger partial charge is 0.494 e. The molecule has 3 aliphatic carbocycles. The molecule has 5 rings (SSSR count). The summed E-state index contributed by atoms with van der Waals surface area (Å²) in [5.74, 6) is -1.82. The Morgan fingerprint density at radius 3 is 2.74 bits per heavy atom. The van der Waals surface area contributed by atoms with Crippen molar-refractivity contribution in [3.05, 3.63) is 23.5 Å². The van der Waals surface area contributed by atoms with E-state index >= 15 is 0 Å². The molecule has 0 saturated heterocycles. The summed E-state index contributed by atoms with van der Waals surface area (Å²) >= 11 is 0. The zero-order chi connectivity index (χ0) is 27.6. The van der Waals surface area contributed by atoms with Crippen molar-refractivity contribution in [2.75, 3.05) is 13.2 Å². The second-order valence-electron chi connectivity index (χ2n) is 12.6. The number of ether oxygens (including phenoxy) is 2. The Hall–Kier alpha value is -2.01. The molecule has 0 aromatic heterocycles. The van der Waals surface area contributed by atoms with E-state index < -0.39 is 48.5 Å². The van der Waals surface area contributed by atoms with Crippen LogP contribution in [0.2, 0.25) is 0 Å². The van der Waals surface area contributed by atoms with E-state index in [9.17, 15) is 24.1 Å². The molecule has 10 heteroatoms. The van der Waals surface area contributed by atoms with Gasteiger partial charge in [-0.3, -0.25) is 4.79 Å². The van der Waals surface area contributed by atoms with Crippen LogP contribution in [0.15, 0.2) is 12.1 Å². The number of ketones is 1. The molecule has 3 saturated carbocycles. The summed E-state index contributed by atoms with van der Waals surface area (Å²) in [6, 6.07) is 2.99. The van der Waals surface area contributed by atoms with E-state index in [1.807, 2.05) is 13.8 Å². The first-order valence-corrected chi connectivity index (χ1v) is 13.7. The predicted octanol–water partition coefficient (Wildman–Crippen LogP) is 2.10. The molecule has 208 valence electrons. The number of hydrogen-bond acceptors (Lipinski definition) is 8. The molecule has 8 atom stereocenters. The molecule has 1 aliphatic heterocycles. The van der Waals surface area contributed by atoms with Crippen LogP contribution >= 0.6 is 0 Å². The highest BCUT2D eigenvalue weighted by Crippen LogP contribution is 2.67. The highest BCUT2D eigenvalue weighted by atomic mass is 19.1. The number of aliphatic hydroxyl groups excluding tert-OH is 1. The van der Waals surface area contributed by atoms with Gasteiger partial charge in [-0.15, -0.1) is 0 Å². The van der Waals surface area contributed by atoms with E-state index in [0.717, 1.165) is 12.8 Å². The summed E-state index contributed by atoms with van der Waals surface area (Å²) < 4.78 is 31.6. The summed E-state index contributed by atoms with van der Waals surface area (Å²) in [6.07, 6.45) is 1.75. The van der Waals surface area contributed by atoms with Gasteiger partial charge in [0.25, 0.3) is 0 Å². The van der Waals surface area contributed by atoms with E-state index in [-0.39, 0.29) is 53.3 Å². The number of esters is 1. The van der Waals surface area contributed by atoms with Gasteiger partial charge in [0.15, 0.2) is 18.2 Å². The van der Waals surface area contributed by atoms with Crippen LogP contribution < -0.4 is 15.9 Å². The van der Waals surface area contributed by atoms with Crippen LogP contribution in [0.25, 0.3) is 0 Å². The Balaban J connectivity index is 1.44. The summed E-state index contributed by atoms with van der Waals surface area (Å²) in [5, 5.41) is 21.5. The van der Waals surface area contributed by atoms with Gasteiger partial charge in [0.1, 0.15) is 11.9 Å². The molecule has 1 heterocycles. The minimum Gasteiger partial charge on any atom is -0.479 e. The fourth-order valence-corrected chi connectivity index (χ4v) is 8.26. The van der Waals surface area contributed by atoms with Crippen molar-refractivity contribution in [1.29, 1.82) is 0 Å².